The zero-order valence-corrected chi connectivity index (χ0v) is 11.8. The highest BCUT2D eigenvalue weighted by molar-refractivity contribution is 6.33. The Bertz CT molecular complexity index is 568. The second kappa shape index (κ2) is 5.16. The van der Waals surface area contributed by atoms with Gasteiger partial charge >= 0.3 is 0 Å². The van der Waals surface area contributed by atoms with Crippen LogP contribution in [-0.4, -0.2) is 9.97 Å². The molecule has 0 radical (unpaired) electrons. The third-order valence-electron chi connectivity index (χ3n) is 2.61. The zero-order valence-electron chi connectivity index (χ0n) is 10.3. The Morgan fingerprint density at radius 3 is 2.67 bits per heavy atom. The van der Waals surface area contributed by atoms with Gasteiger partial charge in [-0.2, -0.15) is 4.98 Å². The van der Waals surface area contributed by atoms with Gasteiger partial charge < -0.3 is 9.73 Å². The normalized spacial score (nSPS) is 12.5. The highest BCUT2D eigenvalue weighted by atomic mass is 35.5. The van der Waals surface area contributed by atoms with Crippen LogP contribution in [0, 0.1) is 13.8 Å². The topological polar surface area (TPSA) is 51.0 Å². The summed E-state index contributed by atoms with van der Waals surface area (Å²) in [4.78, 5) is 7.86. The van der Waals surface area contributed by atoms with E-state index in [1.54, 1.807) is 0 Å². The third kappa shape index (κ3) is 2.76. The Morgan fingerprint density at radius 1 is 1.33 bits per heavy atom. The lowest BCUT2D eigenvalue weighted by Gasteiger charge is -2.14. The molecule has 0 aliphatic heterocycles. The van der Waals surface area contributed by atoms with Gasteiger partial charge in [-0.3, -0.25) is 0 Å². The van der Waals surface area contributed by atoms with Gasteiger partial charge in [0.25, 0.3) is 0 Å². The summed E-state index contributed by atoms with van der Waals surface area (Å²) in [5, 5.41) is 3.79. The minimum atomic E-state index is 0.0194. The largest absolute Gasteiger partial charge is 0.466 e. The number of halogens is 2. The Hall–Kier alpha value is -1.26. The molecule has 0 spiro atoms. The first-order valence-electron chi connectivity index (χ1n) is 5.49. The van der Waals surface area contributed by atoms with Crippen LogP contribution in [0.1, 0.15) is 30.0 Å². The molecule has 0 amide bonds. The van der Waals surface area contributed by atoms with E-state index in [2.05, 4.69) is 15.3 Å². The van der Waals surface area contributed by atoms with Gasteiger partial charge in [0.05, 0.1) is 12.2 Å². The van der Waals surface area contributed by atoms with Gasteiger partial charge in [0.2, 0.25) is 5.28 Å². The number of hydrogen-bond acceptors (Lipinski definition) is 4. The Labute approximate surface area is 115 Å². The lowest BCUT2D eigenvalue weighted by Crippen LogP contribution is -2.09. The van der Waals surface area contributed by atoms with Gasteiger partial charge in [0, 0.05) is 5.56 Å². The molecule has 18 heavy (non-hydrogen) atoms. The van der Waals surface area contributed by atoms with E-state index in [-0.39, 0.29) is 11.3 Å². The average Bonchev–Trinajstić information content (AvgIpc) is 2.63. The molecule has 0 fully saturated rings. The molecular weight excluding hydrogens is 273 g/mol. The van der Waals surface area contributed by atoms with Gasteiger partial charge in [0.15, 0.2) is 0 Å². The molecule has 0 aromatic carbocycles. The van der Waals surface area contributed by atoms with Crippen LogP contribution in [0.15, 0.2) is 16.7 Å². The second-order valence-electron chi connectivity index (χ2n) is 4.07. The van der Waals surface area contributed by atoms with Crippen LogP contribution in [0.2, 0.25) is 10.3 Å². The molecule has 2 aromatic rings. The smallest absolute Gasteiger partial charge is 0.224 e. The molecule has 1 atom stereocenters. The average molecular weight is 286 g/mol. The number of aryl methyl sites for hydroxylation is 2. The minimum Gasteiger partial charge on any atom is -0.466 e. The van der Waals surface area contributed by atoms with Crippen molar-refractivity contribution in [3.05, 3.63) is 39.7 Å². The zero-order chi connectivity index (χ0) is 13.3. The SMILES string of the molecule is Cc1cc(C(C)Nc2nc(Cl)ncc2Cl)c(C)o1. The van der Waals surface area contributed by atoms with E-state index in [0.29, 0.717) is 10.8 Å². The van der Waals surface area contributed by atoms with Gasteiger partial charge in [-0.25, -0.2) is 4.98 Å². The number of rotatable bonds is 3. The number of aromatic nitrogens is 2. The molecule has 96 valence electrons. The molecule has 0 saturated heterocycles. The lowest BCUT2D eigenvalue weighted by atomic mass is 10.1. The lowest BCUT2D eigenvalue weighted by molar-refractivity contribution is 0.500. The Morgan fingerprint density at radius 2 is 2.06 bits per heavy atom. The van der Waals surface area contributed by atoms with E-state index < -0.39 is 0 Å². The van der Waals surface area contributed by atoms with Crippen molar-refractivity contribution in [3.63, 3.8) is 0 Å². The monoisotopic (exact) mass is 285 g/mol. The summed E-state index contributed by atoms with van der Waals surface area (Å²) in [7, 11) is 0. The molecular formula is C12H13Cl2N3O. The summed E-state index contributed by atoms with van der Waals surface area (Å²) in [5.74, 6) is 2.27. The van der Waals surface area contributed by atoms with Gasteiger partial charge in [-0.1, -0.05) is 11.6 Å². The van der Waals surface area contributed by atoms with E-state index in [9.17, 15) is 0 Å². The number of anilines is 1. The quantitative estimate of drug-likeness (QED) is 0.860. The molecule has 0 aliphatic carbocycles. The van der Waals surface area contributed by atoms with Crippen molar-refractivity contribution < 1.29 is 4.42 Å². The van der Waals surface area contributed by atoms with Crippen LogP contribution in [-0.2, 0) is 0 Å². The third-order valence-corrected chi connectivity index (χ3v) is 3.07. The van der Waals surface area contributed by atoms with Crippen molar-refractivity contribution in [2.45, 2.75) is 26.8 Å². The predicted molar refractivity (Wildman–Crippen MR) is 72.3 cm³/mol. The van der Waals surface area contributed by atoms with E-state index in [4.69, 9.17) is 27.6 Å². The van der Waals surface area contributed by atoms with Gasteiger partial charge in [0.1, 0.15) is 22.4 Å². The molecule has 0 bridgehead atoms. The van der Waals surface area contributed by atoms with E-state index >= 15 is 0 Å². The maximum Gasteiger partial charge on any atom is 0.224 e. The van der Waals surface area contributed by atoms with Gasteiger partial charge in [-0.05, 0) is 38.4 Å². The fraction of sp³-hybridized carbons (Fsp3) is 0.333. The molecule has 0 saturated carbocycles. The van der Waals surface area contributed by atoms with Crippen LogP contribution in [0.25, 0.3) is 0 Å². The van der Waals surface area contributed by atoms with Crippen LogP contribution >= 0.6 is 23.2 Å². The number of nitrogens with one attached hydrogen (secondary N) is 1. The fourth-order valence-electron chi connectivity index (χ4n) is 1.81. The van der Waals surface area contributed by atoms with Crippen LogP contribution in [0.5, 0.6) is 0 Å². The highest BCUT2D eigenvalue weighted by Gasteiger charge is 2.14. The van der Waals surface area contributed by atoms with Crippen molar-refractivity contribution in [2.24, 2.45) is 0 Å². The van der Waals surface area contributed by atoms with E-state index in [1.807, 2.05) is 26.8 Å². The molecule has 6 heteroatoms. The van der Waals surface area contributed by atoms with Crippen molar-refractivity contribution in [1.82, 2.24) is 9.97 Å². The summed E-state index contributed by atoms with van der Waals surface area (Å²) in [5.41, 5.74) is 1.07. The Kier molecular flexibility index (Phi) is 3.78. The number of furan rings is 1. The van der Waals surface area contributed by atoms with E-state index in [0.717, 1.165) is 17.1 Å². The maximum atomic E-state index is 6.00. The van der Waals surface area contributed by atoms with Crippen molar-refractivity contribution in [3.8, 4) is 0 Å². The summed E-state index contributed by atoms with van der Waals surface area (Å²) in [6.45, 7) is 5.84. The van der Waals surface area contributed by atoms with Crippen molar-refractivity contribution in [2.75, 3.05) is 5.32 Å². The molecule has 1 N–H and O–H groups in total. The highest BCUT2D eigenvalue weighted by Crippen LogP contribution is 2.27. The molecule has 2 aromatic heterocycles. The fourth-order valence-corrected chi connectivity index (χ4v) is 2.09. The minimum absolute atomic E-state index is 0.0194. The standard InChI is InChI=1S/C12H13Cl2N3O/c1-6-4-9(8(3)18-6)7(2)16-11-10(13)5-15-12(14)17-11/h4-5,7H,1-3H3,(H,15,16,17). The van der Waals surface area contributed by atoms with Gasteiger partial charge in [-0.15, -0.1) is 0 Å². The summed E-state index contributed by atoms with van der Waals surface area (Å²) >= 11 is 11.7. The first-order valence-corrected chi connectivity index (χ1v) is 6.24. The molecule has 1 unspecified atom stereocenters. The van der Waals surface area contributed by atoms with Crippen LogP contribution < -0.4 is 5.32 Å². The molecule has 4 nitrogen and oxygen atoms in total. The van der Waals surface area contributed by atoms with Crippen LogP contribution in [0.3, 0.4) is 0 Å². The summed E-state index contributed by atoms with van der Waals surface area (Å²) in [6.07, 6.45) is 1.47. The first kappa shape index (κ1) is 13.2. The summed E-state index contributed by atoms with van der Waals surface area (Å²) < 4.78 is 5.50. The van der Waals surface area contributed by atoms with Crippen molar-refractivity contribution >= 4 is 29.0 Å². The summed E-state index contributed by atoms with van der Waals surface area (Å²) in [6, 6.07) is 2.01. The van der Waals surface area contributed by atoms with Crippen LogP contribution in [0.4, 0.5) is 5.82 Å². The van der Waals surface area contributed by atoms with E-state index in [1.165, 1.54) is 6.20 Å². The maximum absolute atomic E-state index is 6.00. The number of hydrogen-bond donors (Lipinski definition) is 1. The Balaban J connectivity index is 2.23. The molecule has 2 heterocycles. The van der Waals surface area contributed by atoms with Crippen molar-refractivity contribution in [1.29, 1.82) is 0 Å². The molecule has 0 aliphatic rings. The predicted octanol–water partition coefficient (Wildman–Crippen LogP) is 4.17. The number of nitrogens with zero attached hydrogens (tertiary/aromatic N) is 2. The first-order chi connectivity index (χ1) is 8.47. The molecule has 2 rings (SSSR count). The second-order valence-corrected chi connectivity index (χ2v) is 4.82.